The van der Waals surface area contributed by atoms with Gasteiger partial charge in [-0.25, -0.2) is 4.79 Å². The Labute approximate surface area is 110 Å². The van der Waals surface area contributed by atoms with Crippen LogP contribution in [0, 0.1) is 11.8 Å². The molecule has 2 atom stereocenters. The molecule has 0 aliphatic carbocycles. The SMILES string of the molecule is CC1CCN(C(=O)N2CCC3NCCC3C2)CC1. The van der Waals surface area contributed by atoms with Gasteiger partial charge in [0.25, 0.3) is 0 Å². The third kappa shape index (κ3) is 2.35. The van der Waals surface area contributed by atoms with Gasteiger partial charge in [-0.05, 0) is 44.1 Å². The second-order valence-electron chi connectivity index (χ2n) is 6.30. The predicted molar refractivity (Wildman–Crippen MR) is 71.5 cm³/mol. The van der Waals surface area contributed by atoms with Gasteiger partial charge in [-0.3, -0.25) is 0 Å². The van der Waals surface area contributed by atoms with E-state index in [0.717, 1.165) is 45.1 Å². The number of nitrogens with zero attached hydrogens (tertiary/aromatic N) is 2. The molecule has 0 aromatic rings. The van der Waals surface area contributed by atoms with Crippen molar-refractivity contribution in [1.82, 2.24) is 15.1 Å². The largest absolute Gasteiger partial charge is 0.325 e. The van der Waals surface area contributed by atoms with Crippen LogP contribution in [0.1, 0.15) is 32.6 Å². The Morgan fingerprint density at radius 1 is 1.06 bits per heavy atom. The molecule has 3 rings (SSSR count). The summed E-state index contributed by atoms with van der Waals surface area (Å²) in [6, 6.07) is 0.975. The molecule has 2 unspecified atom stereocenters. The van der Waals surface area contributed by atoms with Crippen LogP contribution in [0.15, 0.2) is 0 Å². The fraction of sp³-hybridized carbons (Fsp3) is 0.929. The summed E-state index contributed by atoms with van der Waals surface area (Å²) in [5.41, 5.74) is 0. The zero-order chi connectivity index (χ0) is 12.5. The van der Waals surface area contributed by atoms with Crippen molar-refractivity contribution >= 4 is 6.03 Å². The van der Waals surface area contributed by atoms with Gasteiger partial charge < -0.3 is 15.1 Å². The van der Waals surface area contributed by atoms with Gasteiger partial charge in [0.15, 0.2) is 0 Å². The molecule has 18 heavy (non-hydrogen) atoms. The average molecular weight is 251 g/mol. The number of nitrogens with one attached hydrogen (secondary N) is 1. The van der Waals surface area contributed by atoms with E-state index in [2.05, 4.69) is 22.0 Å². The van der Waals surface area contributed by atoms with E-state index in [0.29, 0.717) is 18.0 Å². The lowest BCUT2D eigenvalue weighted by Gasteiger charge is -2.39. The Kier molecular flexibility index (Phi) is 3.46. The maximum Gasteiger partial charge on any atom is 0.320 e. The first-order chi connectivity index (χ1) is 8.74. The summed E-state index contributed by atoms with van der Waals surface area (Å²) < 4.78 is 0. The summed E-state index contributed by atoms with van der Waals surface area (Å²) in [5, 5.41) is 3.55. The molecule has 4 heteroatoms. The Balaban J connectivity index is 1.56. The molecular formula is C14H25N3O. The highest BCUT2D eigenvalue weighted by Crippen LogP contribution is 2.26. The fourth-order valence-corrected chi connectivity index (χ4v) is 3.62. The van der Waals surface area contributed by atoms with E-state index >= 15 is 0 Å². The summed E-state index contributed by atoms with van der Waals surface area (Å²) in [5.74, 6) is 1.49. The fourth-order valence-electron chi connectivity index (χ4n) is 3.62. The lowest BCUT2D eigenvalue weighted by Crippen LogP contribution is -2.52. The molecule has 102 valence electrons. The number of hydrogen-bond acceptors (Lipinski definition) is 2. The third-order valence-corrected chi connectivity index (χ3v) is 4.98. The van der Waals surface area contributed by atoms with Crippen molar-refractivity contribution < 1.29 is 4.79 Å². The van der Waals surface area contributed by atoms with E-state index in [4.69, 9.17) is 0 Å². The molecule has 0 bridgehead atoms. The molecule has 1 N–H and O–H groups in total. The number of amides is 2. The zero-order valence-electron chi connectivity index (χ0n) is 11.4. The van der Waals surface area contributed by atoms with Crippen LogP contribution in [0.25, 0.3) is 0 Å². The number of urea groups is 1. The summed E-state index contributed by atoms with van der Waals surface area (Å²) in [6.45, 7) is 7.27. The highest BCUT2D eigenvalue weighted by Gasteiger charge is 2.36. The van der Waals surface area contributed by atoms with Crippen LogP contribution in [-0.2, 0) is 0 Å². The molecule has 2 amide bonds. The van der Waals surface area contributed by atoms with Crippen molar-refractivity contribution in [2.75, 3.05) is 32.7 Å². The molecule has 4 nitrogen and oxygen atoms in total. The van der Waals surface area contributed by atoms with Crippen molar-refractivity contribution in [1.29, 1.82) is 0 Å². The summed E-state index contributed by atoms with van der Waals surface area (Å²) in [4.78, 5) is 16.7. The Bertz CT molecular complexity index is 312. The molecule has 3 aliphatic heterocycles. The molecule has 0 aromatic heterocycles. The predicted octanol–water partition coefficient (Wildman–Crippen LogP) is 1.52. The number of carbonyl (C=O) groups excluding carboxylic acids is 1. The van der Waals surface area contributed by atoms with E-state index in [-0.39, 0.29) is 0 Å². The van der Waals surface area contributed by atoms with Crippen molar-refractivity contribution in [3.63, 3.8) is 0 Å². The van der Waals surface area contributed by atoms with E-state index in [1.165, 1.54) is 19.3 Å². The Morgan fingerprint density at radius 3 is 2.56 bits per heavy atom. The van der Waals surface area contributed by atoms with Crippen LogP contribution in [0.3, 0.4) is 0 Å². The maximum atomic E-state index is 12.5. The molecule has 3 saturated heterocycles. The third-order valence-electron chi connectivity index (χ3n) is 4.98. The number of fused-ring (bicyclic) bond motifs is 1. The smallest absolute Gasteiger partial charge is 0.320 e. The number of likely N-dealkylation sites (tertiary alicyclic amines) is 2. The van der Waals surface area contributed by atoms with E-state index in [1.807, 2.05) is 0 Å². The number of rotatable bonds is 0. The Morgan fingerprint density at radius 2 is 1.78 bits per heavy atom. The van der Waals surface area contributed by atoms with Gasteiger partial charge in [-0.15, -0.1) is 0 Å². The minimum absolute atomic E-state index is 0.298. The number of carbonyl (C=O) groups is 1. The van der Waals surface area contributed by atoms with Crippen LogP contribution >= 0.6 is 0 Å². The second-order valence-corrected chi connectivity index (χ2v) is 6.30. The van der Waals surface area contributed by atoms with Gasteiger partial charge in [0.05, 0.1) is 0 Å². The van der Waals surface area contributed by atoms with Crippen LogP contribution in [0.2, 0.25) is 0 Å². The molecule has 3 aliphatic rings. The van der Waals surface area contributed by atoms with Crippen molar-refractivity contribution in [2.24, 2.45) is 11.8 Å². The molecular weight excluding hydrogens is 226 g/mol. The van der Waals surface area contributed by atoms with Crippen LogP contribution in [0.5, 0.6) is 0 Å². The summed E-state index contributed by atoms with van der Waals surface area (Å²) in [6.07, 6.45) is 4.73. The first-order valence-corrected chi connectivity index (χ1v) is 7.51. The average Bonchev–Trinajstić information content (AvgIpc) is 2.86. The molecule has 3 heterocycles. The van der Waals surface area contributed by atoms with Gasteiger partial charge in [-0.2, -0.15) is 0 Å². The minimum Gasteiger partial charge on any atom is -0.325 e. The van der Waals surface area contributed by atoms with E-state index in [9.17, 15) is 4.79 Å². The van der Waals surface area contributed by atoms with Gasteiger partial charge in [-0.1, -0.05) is 6.92 Å². The minimum atomic E-state index is 0.298. The van der Waals surface area contributed by atoms with Crippen LogP contribution in [0.4, 0.5) is 4.79 Å². The highest BCUT2D eigenvalue weighted by molar-refractivity contribution is 5.74. The first-order valence-electron chi connectivity index (χ1n) is 7.51. The van der Waals surface area contributed by atoms with Gasteiger partial charge >= 0.3 is 6.03 Å². The number of hydrogen-bond donors (Lipinski definition) is 1. The molecule has 0 saturated carbocycles. The number of piperidine rings is 2. The van der Waals surface area contributed by atoms with Crippen LogP contribution in [-0.4, -0.2) is 54.6 Å². The normalized spacial score (nSPS) is 33.6. The topological polar surface area (TPSA) is 35.6 Å². The second kappa shape index (κ2) is 5.08. The van der Waals surface area contributed by atoms with Gasteiger partial charge in [0, 0.05) is 32.2 Å². The maximum absolute atomic E-state index is 12.5. The van der Waals surface area contributed by atoms with Crippen molar-refractivity contribution in [3.05, 3.63) is 0 Å². The highest BCUT2D eigenvalue weighted by atomic mass is 16.2. The quantitative estimate of drug-likeness (QED) is 0.708. The van der Waals surface area contributed by atoms with Crippen molar-refractivity contribution in [3.8, 4) is 0 Å². The van der Waals surface area contributed by atoms with Crippen molar-refractivity contribution in [2.45, 2.75) is 38.6 Å². The van der Waals surface area contributed by atoms with Gasteiger partial charge in [0.1, 0.15) is 0 Å². The van der Waals surface area contributed by atoms with E-state index < -0.39 is 0 Å². The molecule has 3 fully saturated rings. The monoisotopic (exact) mass is 251 g/mol. The molecule has 0 radical (unpaired) electrons. The van der Waals surface area contributed by atoms with Crippen LogP contribution < -0.4 is 5.32 Å². The lowest BCUT2D eigenvalue weighted by atomic mass is 9.93. The molecule has 0 aromatic carbocycles. The molecule has 0 spiro atoms. The lowest BCUT2D eigenvalue weighted by molar-refractivity contribution is 0.111. The van der Waals surface area contributed by atoms with Gasteiger partial charge in [0.2, 0.25) is 0 Å². The zero-order valence-corrected chi connectivity index (χ0v) is 11.4. The Hall–Kier alpha value is -0.770. The van der Waals surface area contributed by atoms with E-state index in [1.54, 1.807) is 0 Å². The summed E-state index contributed by atoms with van der Waals surface area (Å²) in [7, 11) is 0. The summed E-state index contributed by atoms with van der Waals surface area (Å²) >= 11 is 0. The first kappa shape index (κ1) is 12.3. The standard InChI is InChI=1S/C14H25N3O/c1-11-3-7-16(8-4-11)14(18)17-9-5-13-12(10-17)2-6-15-13/h11-13,15H,2-10H2,1H3.